The van der Waals surface area contributed by atoms with Crippen LogP contribution in [-0.4, -0.2) is 35.2 Å². The first-order valence-corrected chi connectivity index (χ1v) is 8.56. The number of pyridine rings is 1. The predicted molar refractivity (Wildman–Crippen MR) is 104 cm³/mol. The molecule has 1 amide bonds. The number of non-ortho nitro benzene ring substituents is 1. The first-order chi connectivity index (χ1) is 14.0. The Hall–Kier alpha value is -4.21. The number of carbonyl (C=O) groups is 1. The van der Waals surface area contributed by atoms with Gasteiger partial charge in [0.05, 0.1) is 22.2 Å². The summed E-state index contributed by atoms with van der Waals surface area (Å²) in [4.78, 5) is 37.1. The van der Waals surface area contributed by atoms with E-state index in [0.29, 0.717) is 30.2 Å². The van der Waals surface area contributed by atoms with E-state index < -0.39 is 10.8 Å². The fourth-order valence-corrected chi connectivity index (χ4v) is 2.82. The summed E-state index contributed by atoms with van der Waals surface area (Å²) >= 11 is 0. The Morgan fingerprint density at radius 1 is 1.14 bits per heavy atom. The molecule has 0 fully saturated rings. The van der Waals surface area contributed by atoms with E-state index in [2.05, 4.69) is 15.5 Å². The molecular formula is C19H14N4O6. The molecule has 0 atom stereocenters. The fraction of sp³-hybridized carbons (Fsp3) is 0.105. The SMILES string of the molecule is O=C(NN=Cc1cc2cc3c(cc2[nH]c1=O)OCCO3)c1ccc([N+](=O)[O-])cc1. The van der Waals surface area contributed by atoms with E-state index in [1.54, 1.807) is 18.2 Å². The Morgan fingerprint density at radius 3 is 2.52 bits per heavy atom. The first kappa shape index (κ1) is 18.2. The summed E-state index contributed by atoms with van der Waals surface area (Å²) in [6, 6.07) is 10.1. The van der Waals surface area contributed by atoms with Crippen molar-refractivity contribution in [2.75, 3.05) is 13.2 Å². The molecule has 10 nitrogen and oxygen atoms in total. The molecule has 2 heterocycles. The largest absolute Gasteiger partial charge is 0.486 e. The van der Waals surface area contributed by atoms with E-state index in [4.69, 9.17) is 9.47 Å². The standard InChI is InChI=1S/C19H14N4O6/c24-18-13(7-12-8-16-17(9-15(12)21-18)29-6-5-28-16)10-20-22-19(25)11-1-3-14(4-2-11)23(26)27/h1-4,7-10H,5-6H2,(H,21,24)(H,22,25). The number of benzene rings is 2. The van der Waals surface area contributed by atoms with Gasteiger partial charge >= 0.3 is 0 Å². The zero-order valence-electron chi connectivity index (χ0n) is 14.9. The summed E-state index contributed by atoms with van der Waals surface area (Å²) in [5, 5.41) is 15.2. The highest BCUT2D eigenvalue weighted by Crippen LogP contribution is 2.33. The third kappa shape index (κ3) is 3.76. The number of nitro benzene ring substituents is 1. The highest BCUT2D eigenvalue weighted by molar-refractivity contribution is 5.95. The average Bonchev–Trinajstić information content (AvgIpc) is 2.72. The van der Waals surface area contributed by atoms with E-state index in [0.717, 1.165) is 5.39 Å². The third-order valence-corrected chi connectivity index (χ3v) is 4.25. The van der Waals surface area contributed by atoms with E-state index in [9.17, 15) is 19.7 Å². The number of ether oxygens (including phenoxy) is 2. The zero-order chi connectivity index (χ0) is 20.4. The van der Waals surface area contributed by atoms with Gasteiger partial charge in [-0.3, -0.25) is 19.7 Å². The van der Waals surface area contributed by atoms with Crippen LogP contribution in [0.3, 0.4) is 0 Å². The lowest BCUT2D eigenvalue weighted by Crippen LogP contribution is -2.19. The van der Waals surface area contributed by atoms with Gasteiger partial charge in [0, 0.05) is 29.1 Å². The molecule has 1 aromatic heterocycles. The van der Waals surface area contributed by atoms with E-state index in [1.807, 2.05) is 0 Å². The molecular weight excluding hydrogens is 380 g/mol. The molecule has 146 valence electrons. The molecule has 1 aliphatic rings. The molecule has 2 N–H and O–H groups in total. The summed E-state index contributed by atoms with van der Waals surface area (Å²) in [6.45, 7) is 0.896. The molecule has 3 aromatic rings. The van der Waals surface area contributed by atoms with Gasteiger partial charge in [0.1, 0.15) is 13.2 Å². The number of nitro groups is 1. The highest BCUT2D eigenvalue weighted by atomic mass is 16.6. The van der Waals surface area contributed by atoms with E-state index in [1.165, 1.54) is 30.5 Å². The molecule has 0 unspecified atom stereocenters. The van der Waals surface area contributed by atoms with Gasteiger partial charge in [-0.2, -0.15) is 5.10 Å². The molecule has 0 saturated carbocycles. The number of fused-ring (bicyclic) bond motifs is 2. The lowest BCUT2D eigenvalue weighted by atomic mass is 10.1. The maximum atomic E-state index is 12.3. The van der Waals surface area contributed by atoms with Crippen LogP contribution in [-0.2, 0) is 0 Å². The van der Waals surface area contributed by atoms with Gasteiger partial charge in [-0.05, 0) is 24.3 Å². The topological polar surface area (TPSA) is 136 Å². The second kappa shape index (κ2) is 7.43. The second-order valence-electron chi connectivity index (χ2n) is 6.14. The van der Waals surface area contributed by atoms with Gasteiger partial charge < -0.3 is 14.5 Å². The number of aromatic amines is 1. The lowest BCUT2D eigenvalue weighted by molar-refractivity contribution is -0.384. The average molecular weight is 394 g/mol. The molecule has 2 aromatic carbocycles. The molecule has 1 aliphatic heterocycles. The van der Waals surface area contributed by atoms with Crippen LogP contribution in [0.1, 0.15) is 15.9 Å². The lowest BCUT2D eigenvalue weighted by Gasteiger charge is -2.18. The van der Waals surface area contributed by atoms with Crippen molar-refractivity contribution in [2.24, 2.45) is 5.10 Å². The van der Waals surface area contributed by atoms with Crippen molar-refractivity contribution in [3.05, 3.63) is 74.1 Å². The Labute approximate surface area is 162 Å². The van der Waals surface area contributed by atoms with Gasteiger partial charge in [-0.1, -0.05) is 0 Å². The van der Waals surface area contributed by atoms with Crippen molar-refractivity contribution in [3.8, 4) is 11.5 Å². The minimum absolute atomic E-state index is 0.121. The number of nitrogens with one attached hydrogen (secondary N) is 2. The molecule has 29 heavy (non-hydrogen) atoms. The number of hydrogen-bond donors (Lipinski definition) is 2. The van der Waals surface area contributed by atoms with E-state index in [-0.39, 0.29) is 22.4 Å². The molecule has 0 spiro atoms. The normalized spacial score (nSPS) is 12.8. The van der Waals surface area contributed by atoms with Crippen LogP contribution in [0.15, 0.2) is 52.4 Å². The van der Waals surface area contributed by atoms with Crippen molar-refractivity contribution >= 4 is 28.7 Å². The van der Waals surface area contributed by atoms with Crippen molar-refractivity contribution in [2.45, 2.75) is 0 Å². The van der Waals surface area contributed by atoms with Gasteiger partial charge in [0.15, 0.2) is 11.5 Å². The number of H-pyrrole nitrogens is 1. The summed E-state index contributed by atoms with van der Waals surface area (Å²) in [5.41, 5.74) is 2.80. The number of rotatable bonds is 4. The summed E-state index contributed by atoms with van der Waals surface area (Å²) in [5.74, 6) is 0.592. The van der Waals surface area contributed by atoms with Gasteiger partial charge in [0.2, 0.25) is 0 Å². The Morgan fingerprint density at radius 2 is 1.83 bits per heavy atom. The van der Waals surface area contributed by atoms with Crippen LogP contribution in [0.5, 0.6) is 11.5 Å². The number of hydrogen-bond acceptors (Lipinski definition) is 7. The molecule has 0 saturated heterocycles. The first-order valence-electron chi connectivity index (χ1n) is 8.56. The monoisotopic (exact) mass is 394 g/mol. The summed E-state index contributed by atoms with van der Waals surface area (Å²) in [6.07, 6.45) is 1.22. The number of hydrazone groups is 1. The highest BCUT2D eigenvalue weighted by Gasteiger charge is 2.14. The smallest absolute Gasteiger partial charge is 0.271 e. The minimum Gasteiger partial charge on any atom is -0.486 e. The molecule has 4 rings (SSSR count). The number of aromatic nitrogens is 1. The number of nitrogens with zero attached hydrogens (tertiary/aromatic N) is 2. The van der Waals surface area contributed by atoms with Crippen molar-refractivity contribution in [1.82, 2.24) is 10.4 Å². The Kier molecular flexibility index (Phi) is 4.65. The van der Waals surface area contributed by atoms with Crippen molar-refractivity contribution in [3.63, 3.8) is 0 Å². The van der Waals surface area contributed by atoms with Crippen molar-refractivity contribution < 1.29 is 19.2 Å². The van der Waals surface area contributed by atoms with E-state index >= 15 is 0 Å². The molecule has 0 bridgehead atoms. The minimum atomic E-state index is -0.562. The number of amides is 1. The van der Waals surface area contributed by atoms with Crippen LogP contribution >= 0.6 is 0 Å². The predicted octanol–water partition coefficient (Wildman–Crippen LogP) is 1.97. The van der Waals surface area contributed by atoms with Crippen molar-refractivity contribution in [1.29, 1.82) is 0 Å². The van der Waals surface area contributed by atoms with Crippen LogP contribution in [0.4, 0.5) is 5.69 Å². The zero-order valence-corrected chi connectivity index (χ0v) is 14.9. The second-order valence-corrected chi connectivity index (χ2v) is 6.14. The third-order valence-electron chi connectivity index (χ3n) is 4.25. The van der Waals surface area contributed by atoms with Gasteiger partial charge in [-0.25, -0.2) is 5.43 Å². The summed E-state index contributed by atoms with van der Waals surface area (Å²) < 4.78 is 11.0. The maximum Gasteiger partial charge on any atom is 0.271 e. The van der Waals surface area contributed by atoms with Crippen LogP contribution in [0, 0.1) is 10.1 Å². The van der Waals surface area contributed by atoms with Crippen LogP contribution in [0.25, 0.3) is 10.9 Å². The quantitative estimate of drug-likeness (QED) is 0.394. The Balaban J connectivity index is 1.53. The fourth-order valence-electron chi connectivity index (χ4n) is 2.82. The van der Waals surface area contributed by atoms with Gasteiger partial charge in [0.25, 0.3) is 17.2 Å². The maximum absolute atomic E-state index is 12.3. The Bertz CT molecular complexity index is 1200. The molecule has 0 radical (unpaired) electrons. The van der Waals surface area contributed by atoms with Crippen LogP contribution < -0.4 is 20.5 Å². The molecule has 0 aliphatic carbocycles. The van der Waals surface area contributed by atoms with Crippen LogP contribution in [0.2, 0.25) is 0 Å². The molecule has 10 heteroatoms. The summed E-state index contributed by atoms with van der Waals surface area (Å²) in [7, 11) is 0. The number of carbonyl (C=O) groups excluding carboxylic acids is 1. The van der Waals surface area contributed by atoms with Gasteiger partial charge in [-0.15, -0.1) is 0 Å².